The number of alkyl halides is 1. The molecule has 5 nitrogen and oxygen atoms in total. The monoisotopic (exact) mass is 483 g/mol. The SMILES string of the molecule is FCCn1c(-c2cncc(Cn3cncc3F)c2)nc2cc(F)c(I)cc21. The van der Waals surface area contributed by atoms with E-state index in [-0.39, 0.29) is 18.9 Å². The topological polar surface area (TPSA) is 48.5 Å². The van der Waals surface area contributed by atoms with Gasteiger partial charge in [-0.05, 0) is 40.3 Å². The van der Waals surface area contributed by atoms with Crippen molar-refractivity contribution in [2.24, 2.45) is 0 Å². The van der Waals surface area contributed by atoms with E-state index >= 15 is 0 Å². The fraction of sp³-hybridized carbons (Fsp3) is 0.167. The van der Waals surface area contributed by atoms with Crippen molar-refractivity contribution >= 4 is 33.6 Å². The molecule has 4 rings (SSSR count). The Balaban J connectivity index is 1.80. The van der Waals surface area contributed by atoms with E-state index in [4.69, 9.17) is 0 Å². The van der Waals surface area contributed by atoms with Crippen molar-refractivity contribution in [2.45, 2.75) is 13.1 Å². The predicted molar refractivity (Wildman–Crippen MR) is 103 cm³/mol. The van der Waals surface area contributed by atoms with Crippen LogP contribution in [0.4, 0.5) is 13.2 Å². The van der Waals surface area contributed by atoms with Gasteiger partial charge in [-0.2, -0.15) is 4.39 Å². The second kappa shape index (κ2) is 7.29. The maximum atomic E-state index is 13.9. The van der Waals surface area contributed by atoms with Gasteiger partial charge in [0.05, 0.1) is 40.2 Å². The summed E-state index contributed by atoms with van der Waals surface area (Å²) in [4.78, 5) is 12.4. The Bertz CT molecular complexity index is 1120. The number of halogens is 4. The van der Waals surface area contributed by atoms with E-state index in [1.165, 1.54) is 17.0 Å². The molecule has 0 aliphatic rings. The second-order valence-electron chi connectivity index (χ2n) is 5.96. The van der Waals surface area contributed by atoms with E-state index < -0.39 is 12.6 Å². The summed E-state index contributed by atoms with van der Waals surface area (Å²) in [5, 5.41) is 0. The van der Waals surface area contributed by atoms with Crippen molar-refractivity contribution in [3.05, 3.63) is 64.0 Å². The van der Waals surface area contributed by atoms with Crippen LogP contribution in [0.5, 0.6) is 0 Å². The van der Waals surface area contributed by atoms with Crippen LogP contribution in [0.25, 0.3) is 22.4 Å². The first kappa shape index (κ1) is 18.0. The Morgan fingerprint density at radius 3 is 2.63 bits per heavy atom. The number of rotatable bonds is 5. The maximum Gasteiger partial charge on any atom is 0.213 e. The minimum absolute atomic E-state index is 0.0912. The Morgan fingerprint density at radius 1 is 1.04 bits per heavy atom. The lowest BCUT2D eigenvalue weighted by Gasteiger charge is -2.09. The normalized spacial score (nSPS) is 11.4. The average Bonchev–Trinajstić information content (AvgIpc) is 3.20. The van der Waals surface area contributed by atoms with Gasteiger partial charge in [-0.3, -0.25) is 4.98 Å². The van der Waals surface area contributed by atoms with Gasteiger partial charge in [0, 0.05) is 24.0 Å². The van der Waals surface area contributed by atoms with Crippen LogP contribution in [0, 0.1) is 15.3 Å². The molecular formula is C18H13F3IN5. The summed E-state index contributed by atoms with van der Waals surface area (Å²) >= 11 is 1.90. The lowest BCUT2D eigenvalue weighted by Crippen LogP contribution is -2.04. The number of aryl methyl sites for hydroxylation is 1. The molecule has 138 valence electrons. The van der Waals surface area contributed by atoms with E-state index in [0.29, 0.717) is 26.0 Å². The van der Waals surface area contributed by atoms with E-state index in [1.807, 2.05) is 28.7 Å². The molecule has 0 aliphatic heterocycles. The summed E-state index contributed by atoms with van der Waals surface area (Å²) in [5.41, 5.74) is 2.49. The van der Waals surface area contributed by atoms with Gasteiger partial charge in [-0.25, -0.2) is 18.7 Å². The van der Waals surface area contributed by atoms with Crippen LogP contribution in [-0.2, 0) is 13.1 Å². The summed E-state index contributed by atoms with van der Waals surface area (Å²) in [7, 11) is 0. The highest BCUT2D eigenvalue weighted by atomic mass is 127. The van der Waals surface area contributed by atoms with Gasteiger partial charge in [0.2, 0.25) is 5.95 Å². The second-order valence-corrected chi connectivity index (χ2v) is 7.12. The fourth-order valence-corrected chi connectivity index (χ4v) is 3.42. The lowest BCUT2D eigenvalue weighted by atomic mass is 10.2. The van der Waals surface area contributed by atoms with Crippen LogP contribution in [0.1, 0.15) is 5.56 Å². The Labute approximate surface area is 166 Å². The van der Waals surface area contributed by atoms with Crippen LogP contribution in [-0.4, -0.2) is 30.8 Å². The van der Waals surface area contributed by atoms with Gasteiger partial charge < -0.3 is 9.13 Å². The van der Waals surface area contributed by atoms with E-state index in [2.05, 4.69) is 15.0 Å². The standard InChI is InChI=1S/C18H13F3IN5/c19-1-2-27-16-5-14(22)13(20)4-15(16)25-18(27)12-3-11(6-23-7-12)9-26-10-24-8-17(26)21/h3-8,10H,1-2,9H2. The summed E-state index contributed by atoms with van der Waals surface area (Å²) < 4.78 is 44.2. The zero-order valence-electron chi connectivity index (χ0n) is 13.9. The molecule has 0 amide bonds. The summed E-state index contributed by atoms with van der Waals surface area (Å²) in [5.74, 6) is -0.332. The molecule has 0 radical (unpaired) electrons. The van der Waals surface area contributed by atoms with Crippen molar-refractivity contribution in [3.63, 3.8) is 0 Å². The largest absolute Gasteiger partial charge is 0.321 e. The highest BCUT2D eigenvalue weighted by Gasteiger charge is 2.16. The number of benzene rings is 1. The Morgan fingerprint density at radius 2 is 1.89 bits per heavy atom. The lowest BCUT2D eigenvalue weighted by molar-refractivity contribution is 0.451. The Hall–Kier alpha value is -2.43. The number of fused-ring (bicyclic) bond motifs is 1. The van der Waals surface area contributed by atoms with Gasteiger partial charge in [-0.1, -0.05) is 0 Å². The number of aromatic nitrogens is 5. The predicted octanol–water partition coefficient (Wildman–Crippen LogP) is 4.20. The number of nitrogens with zero attached hydrogens (tertiary/aromatic N) is 5. The van der Waals surface area contributed by atoms with Gasteiger partial charge in [0.15, 0.2) is 0 Å². The molecule has 0 bridgehead atoms. The van der Waals surface area contributed by atoms with Crippen LogP contribution in [0.15, 0.2) is 43.1 Å². The fourth-order valence-electron chi connectivity index (χ4n) is 2.97. The van der Waals surface area contributed by atoms with Crippen molar-refractivity contribution in [3.8, 4) is 11.4 Å². The molecule has 0 saturated heterocycles. The van der Waals surface area contributed by atoms with E-state index in [9.17, 15) is 13.2 Å². The van der Waals surface area contributed by atoms with Crippen molar-refractivity contribution in [1.29, 1.82) is 0 Å². The smallest absolute Gasteiger partial charge is 0.213 e. The number of hydrogen-bond donors (Lipinski definition) is 0. The molecule has 4 aromatic rings. The highest BCUT2D eigenvalue weighted by molar-refractivity contribution is 14.1. The molecule has 1 aromatic carbocycles. The quantitative estimate of drug-likeness (QED) is 0.400. The molecule has 0 saturated carbocycles. The molecule has 0 fully saturated rings. The highest BCUT2D eigenvalue weighted by Crippen LogP contribution is 2.28. The third-order valence-corrected chi connectivity index (χ3v) is 4.99. The zero-order chi connectivity index (χ0) is 19.0. The van der Waals surface area contributed by atoms with Crippen molar-refractivity contribution in [1.82, 2.24) is 24.1 Å². The van der Waals surface area contributed by atoms with Gasteiger partial charge in [0.1, 0.15) is 18.3 Å². The molecule has 0 unspecified atom stereocenters. The molecule has 9 heteroatoms. The first-order chi connectivity index (χ1) is 13.1. The maximum absolute atomic E-state index is 13.9. The molecule has 0 N–H and O–H groups in total. The first-order valence-corrected chi connectivity index (χ1v) is 9.16. The number of imidazole rings is 2. The third kappa shape index (κ3) is 3.43. The molecule has 0 atom stereocenters. The van der Waals surface area contributed by atoms with Gasteiger partial charge in [-0.15, -0.1) is 0 Å². The van der Waals surface area contributed by atoms with E-state index in [1.54, 1.807) is 23.0 Å². The van der Waals surface area contributed by atoms with E-state index in [0.717, 1.165) is 11.8 Å². The first-order valence-electron chi connectivity index (χ1n) is 8.08. The van der Waals surface area contributed by atoms with Crippen LogP contribution < -0.4 is 0 Å². The molecular weight excluding hydrogens is 470 g/mol. The Kier molecular flexibility index (Phi) is 4.85. The summed E-state index contributed by atoms with van der Waals surface area (Å²) in [6, 6.07) is 4.80. The van der Waals surface area contributed by atoms with Crippen molar-refractivity contribution < 1.29 is 13.2 Å². The van der Waals surface area contributed by atoms with Gasteiger partial charge >= 0.3 is 0 Å². The average molecular weight is 483 g/mol. The summed E-state index contributed by atoms with van der Waals surface area (Å²) in [6.07, 6.45) is 5.75. The van der Waals surface area contributed by atoms with Crippen LogP contribution in [0.3, 0.4) is 0 Å². The summed E-state index contributed by atoms with van der Waals surface area (Å²) in [6.45, 7) is -0.240. The molecule has 27 heavy (non-hydrogen) atoms. The number of pyridine rings is 1. The van der Waals surface area contributed by atoms with Gasteiger partial charge in [0.25, 0.3) is 0 Å². The molecule has 3 aromatic heterocycles. The zero-order valence-corrected chi connectivity index (χ0v) is 16.1. The van der Waals surface area contributed by atoms with Crippen LogP contribution >= 0.6 is 22.6 Å². The minimum Gasteiger partial charge on any atom is -0.321 e. The minimum atomic E-state index is -0.584. The molecule has 3 heterocycles. The molecule has 0 spiro atoms. The van der Waals surface area contributed by atoms with Crippen molar-refractivity contribution in [2.75, 3.05) is 6.67 Å². The number of hydrogen-bond acceptors (Lipinski definition) is 3. The van der Waals surface area contributed by atoms with Crippen LogP contribution in [0.2, 0.25) is 0 Å². The third-order valence-electron chi connectivity index (χ3n) is 4.17. The molecule has 0 aliphatic carbocycles.